The van der Waals surface area contributed by atoms with Crippen LogP contribution in [0.4, 0.5) is 0 Å². The van der Waals surface area contributed by atoms with Gasteiger partial charge in [0.1, 0.15) is 5.60 Å². The van der Waals surface area contributed by atoms with Crippen LogP contribution in [-0.4, -0.2) is 48.1 Å². The molecule has 0 saturated carbocycles. The van der Waals surface area contributed by atoms with Crippen LogP contribution in [0.5, 0.6) is 0 Å². The summed E-state index contributed by atoms with van der Waals surface area (Å²) in [6.45, 7) is 15.2. The first-order valence-corrected chi connectivity index (χ1v) is 13.4. The van der Waals surface area contributed by atoms with E-state index in [-0.39, 0.29) is 16.9 Å². The summed E-state index contributed by atoms with van der Waals surface area (Å²) in [5, 5.41) is 32.2. The van der Waals surface area contributed by atoms with Gasteiger partial charge in [-0.05, 0) is 61.2 Å². The first-order valence-electron chi connectivity index (χ1n) is 10.5. The van der Waals surface area contributed by atoms with E-state index in [9.17, 15) is 15.3 Å². The highest BCUT2D eigenvalue weighted by Crippen LogP contribution is 2.39. The van der Waals surface area contributed by atoms with E-state index >= 15 is 0 Å². The fourth-order valence-corrected chi connectivity index (χ4v) is 4.69. The van der Waals surface area contributed by atoms with Gasteiger partial charge >= 0.3 is 0 Å². The number of rotatable bonds is 3. The Morgan fingerprint density at radius 1 is 1.21 bits per heavy atom. The van der Waals surface area contributed by atoms with Crippen molar-refractivity contribution < 1.29 is 19.7 Å². The maximum atomic E-state index is 10.9. The van der Waals surface area contributed by atoms with Gasteiger partial charge in [0, 0.05) is 0 Å². The van der Waals surface area contributed by atoms with Crippen molar-refractivity contribution in [3.8, 4) is 0 Å². The van der Waals surface area contributed by atoms with E-state index in [2.05, 4.69) is 59.0 Å². The molecule has 4 nitrogen and oxygen atoms in total. The number of hydrogen-bond acceptors (Lipinski definition) is 4. The van der Waals surface area contributed by atoms with Crippen LogP contribution in [-0.2, 0) is 4.43 Å². The maximum absolute atomic E-state index is 10.9. The Balaban J connectivity index is 2.37. The van der Waals surface area contributed by atoms with Crippen molar-refractivity contribution in [2.24, 2.45) is 17.8 Å². The fraction of sp³-hybridized carbons (Fsp3) is 0.739. The first-order chi connectivity index (χ1) is 12.7. The molecular weight excluding hydrogens is 368 g/mol. The van der Waals surface area contributed by atoms with E-state index in [0.29, 0.717) is 18.9 Å². The predicted molar refractivity (Wildman–Crippen MR) is 118 cm³/mol. The zero-order chi connectivity index (χ0) is 21.3. The molecule has 0 unspecified atom stereocenters. The molecule has 2 aliphatic rings. The number of aliphatic hydroxyl groups is 3. The van der Waals surface area contributed by atoms with Gasteiger partial charge in [0.15, 0.2) is 8.32 Å². The average molecular weight is 409 g/mol. The van der Waals surface area contributed by atoms with E-state index in [1.807, 2.05) is 0 Å². The molecule has 0 bridgehead atoms. The Bertz CT molecular complexity index is 627. The first kappa shape index (κ1) is 23.6. The van der Waals surface area contributed by atoms with Gasteiger partial charge in [0.2, 0.25) is 0 Å². The van der Waals surface area contributed by atoms with Crippen molar-refractivity contribution in [1.29, 1.82) is 0 Å². The number of hydrogen-bond donors (Lipinski definition) is 3. The largest absolute Gasteiger partial charge is 0.413 e. The summed E-state index contributed by atoms with van der Waals surface area (Å²) >= 11 is 0. The Morgan fingerprint density at radius 2 is 1.86 bits per heavy atom. The second kappa shape index (κ2) is 8.56. The van der Waals surface area contributed by atoms with Gasteiger partial charge in [-0.2, -0.15) is 0 Å². The van der Waals surface area contributed by atoms with Gasteiger partial charge in [0.25, 0.3) is 0 Å². The van der Waals surface area contributed by atoms with Crippen molar-refractivity contribution in [3.63, 3.8) is 0 Å². The number of allylic oxidation sites excluding steroid dienone is 3. The predicted octanol–water partition coefficient (Wildman–Crippen LogP) is 4.20. The lowest BCUT2D eigenvalue weighted by Crippen LogP contribution is -2.42. The summed E-state index contributed by atoms with van der Waals surface area (Å²) in [4.78, 5) is 0. The molecule has 0 amide bonds. The molecule has 0 aromatic carbocycles. The highest BCUT2D eigenvalue weighted by molar-refractivity contribution is 6.74. The fourth-order valence-electron chi connectivity index (χ4n) is 3.73. The van der Waals surface area contributed by atoms with Gasteiger partial charge in [-0.15, -0.1) is 0 Å². The van der Waals surface area contributed by atoms with Crippen LogP contribution in [0.1, 0.15) is 47.5 Å². The molecule has 0 aromatic heterocycles. The molecule has 6 atom stereocenters. The summed E-state index contributed by atoms with van der Waals surface area (Å²) in [5.41, 5.74) is -0.510. The van der Waals surface area contributed by atoms with E-state index in [1.54, 1.807) is 13.0 Å². The third-order valence-electron chi connectivity index (χ3n) is 7.04. The van der Waals surface area contributed by atoms with Crippen molar-refractivity contribution in [2.75, 3.05) is 6.61 Å². The molecule has 0 aromatic rings. The van der Waals surface area contributed by atoms with Crippen LogP contribution >= 0.6 is 0 Å². The van der Waals surface area contributed by atoms with Gasteiger partial charge in [-0.3, -0.25) is 0 Å². The number of fused-ring (bicyclic) bond motifs is 1. The van der Waals surface area contributed by atoms with Gasteiger partial charge in [0.05, 0.1) is 18.8 Å². The zero-order valence-electron chi connectivity index (χ0n) is 18.6. The monoisotopic (exact) mass is 408 g/mol. The second-order valence-corrected chi connectivity index (χ2v) is 15.2. The van der Waals surface area contributed by atoms with Gasteiger partial charge < -0.3 is 19.7 Å². The molecule has 0 aliphatic heterocycles. The van der Waals surface area contributed by atoms with Crippen LogP contribution in [0.3, 0.4) is 0 Å². The zero-order valence-corrected chi connectivity index (χ0v) is 19.6. The topological polar surface area (TPSA) is 69.9 Å². The van der Waals surface area contributed by atoms with E-state index < -0.39 is 26.1 Å². The lowest BCUT2D eigenvalue weighted by Gasteiger charge is -2.39. The van der Waals surface area contributed by atoms with Crippen LogP contribution in [0, 0.1) is 17.8 Å². The quantitative estimate of drug-likeness (QED) is 0.484. The van der Waals surface area contributed by atoms with Crippen LogP contribution in [0.25, 0.3) is 0 Å². The van der Waals surface area contributed by atoms with Gasteiger partial charge in [-0.25, -0.2) is 0 Å². The van der Waals surface area contributed by atoms with Crippen LogP contribution < -0.4 is 0 Å². The van der Waals surface area contributed by atoms with E-state index in [1.165, 1.54) is 6.08 Å². The molecule has 2 aliphatic carbocycles. The summed E-state index contributed by atoms with van der Waals surface area (Å²) in [6, 6.07) is 0. The van der Waals surface area contributed by atoms with Crippen LogP contribution in [0.2, 0.25) is 18.1 Å². The third kappa shape index (κ3) is 5.45. The molecule has 3 N–H and O–H groups in total. The molecule has 0 saturated heterocycles. The molecular formula is C23H40O4Si. The molecule has 0 spiro atoms. The molecule has 0 fully saturated rings. The highest BCUT2D eigenvalue weighted by atomic mass is 28.4. The SMILES string of the molecule is C[C@@H]1C=CC[C@@H]2C[C@H](O)[C@@](C)(O)/C=C\[C@H](O)/C(CO[Si](C)(C)C(C)(C)C)=C\[C@@H]21. The molecule has 0 radical (unpaired) electrons. The molecule has 2 rings (SSSR count). The highest BCUT2D eigenvalue weighted by Gasteiger charge is 2.39. The smallest absolute Gasteiger partial charge is 0.192 e. The summed E-state index contributed by atoms with van der Waals surface area (Å²) in [7, 11) is -1.95. The standard InChI is InChI=1S/C23H40O4Si/c1-16-9-8-10-17-14-21(25)23(5,26)12-11-20(24)18(13-19(16)17)15-27-28(6,7)22(2,3)4/h8-9,11-13,16-17,19-21,24-26H,10,14-15H2,1-7H3/b12-11-,18-13-/t16-,17-,19-,20+,21+,23+/m1/s1. The summed E-state index contributed by atoms with van der Waals surface area (Å²) < 4.78 is 6.41. The summed E-state index contributed by atoms with van der Waals surface area (Å²) in [5.74, 6) is 0.743. The normalized spacial score (nSPS) is 40.4. The lowest BCUT2D eigenvalue weighted by atomic mass is 9.71. The molecule has 5 heteroatoms. The van der Waals surface area contributed by atoms with Gasteiger partial charge in [-0.1, -0.05) is 58.1 Å². The average Bonchev–Trinajstić information content (AvgIpc) is 2.56. The molecule has 160 valence electrons. The Morgan fingerprint density at radius 3 is 2.46 bits per heavy atom. The Kier molecular flexibility index (Phi) is 7.20. The minimum absolute atomic E-state index is 0.0987. The number of aliphatic hydroxyl groups excluding tert-OH is 2. The maximum Gasteiger partial charge on any atom is 0.192 e. The third-order valence-corrected chi connectivity index (χ3v) is 11.5. The minimum atomic E-state index is -1.95. The van der Waals surface area contributed by atoms with E-state index in [0.717, 1.165) is 12.0 Å². The Labute approximate surface area is 172 Å². The Hall–Kier alpha value is -0.723. The summed E-state index contributed by atoms with van der Waals surface area (Å²) in [6.07, 6.45) is 9.38. The van der Waals surface area contributed by atoms with Crippen LogP contribution in [0.15, 0.2) is 36.0 Å². The second-order valence-electron chi connectivity index (χ2n) is 10.4. The minimum Gasteiger partial charge on any atom is -0.413 e. The van der Waals surface area contributed by atoms with Crippen molar-refractivity contribution in [1.82, 2.24) is 0 Å². The van der Waals surface area contributed by atoms with E-state index in [4.69, 9.17) is 4.43 Å². The molecule has 28 heavy (non-hydrogen) atoms. The van der Waals surface area contributed by atoms with Crippen molar-refractivity contribution >= 4 is 8.32 Å². The lowest BCUT2D eigenvalue weighted by molar-refractivity contribution is -0.0426. The van der Waals surface area contributed by atoms with Crippen molar-refractivity contribution in [2.45, 2.75) is 83.4 Å². The van der Waals surface area contributed by atoms with Crippen molar-refractivity contribution in [3.05, 3.63) is 36.0 Å². The molecule has 0 heterocycles.